The highest BCUT2D eigenvalue weighted by Crippen LogP contribution is 2.24. The Balaban J connectivity index is 1.49. The Morgan fingerprint density at radius 1 is 1.14 bits per heavy atom. The molecule has 1 amide bonds. The number of carbonyl (C=O) groups excluding carboxylic acids is 1. The molecular formula is C21H23N5O2. The zero-order chi connectivity index (χ0) is 19.5. The molecule has 1 fully saturated rings. The van der Waals surface area contributed by atoms with Crippen LogP contribution in [0.4, 0.5) is 11.4 Å². The third-order valence-corrected chi connectivity index (χ3v) is 4.88. The number of hydrogen-bond acceptors (Lipinski definition) is 6. The van der Waals surface area contributed by atoms with Crippen LogP contribution in [0.3, 0.4) is 0 Å². The summed E-state index contributed by atoms with van der Waals surface area (Å²) in [4.78, 5) is 21.4. The number of nitrogens with zero attached hydrogens (tertiary/aromatic N) is 4. The van der Waals surface area contributed by atoms with Crippen molar-refractivity contribution in [3.05, 3.63) is 60.0 Å². The van der Waals surface area contributed by atoms with Crippen molar-refractivity contribution in [3.63, 3.8) is 0 Å². The number of likely N-dealkylation sites (N-methyl/N-ethyl adjacent to an activating group) is 1. The van der Waals surface area contributed by atoms with E-state index in [9.17, 15) is 4.79 Å². The molecule has 0 unspecified atom stereocenters. The fourth-order valence-corrected chi connectivity index (χ4v) is 3.30. The van der Waals surface area contributed by atoms with Gasteiger partial charge in [0.15, 0.2) is 11.5 Å². The minimum absolute atomic E-state index is 0.238. The lowest BCUT2D eigenvalue weighted by Gasteiger charge is -2.34. The number of aryl methyl sites for hydroxylation is 1. The summed E-state index contributed by atoms with van der Waals surface area (Å²) in [6.45, 7) is 6.05. The van der Waals surface area contributed by atoms with Gasteiger partial charge < -0.3 is 19.6 Å². The maximum atomic E-state index is 12.6. The Morgan fingerprint density at radius 2 is 1.96 bits per heavy atom. The van der Waals surface area contributed by atoms with Crippen LogP contribution in [0, 0.1) is 6.92 Å². The molecule has 0 aliphatic carbocycles. The number of amides is 1. The smallest absolute Gasteiger partial charge is 0.277 e. The van der Waals surface area contributed by atoms with E-state index < -0.39 is 0 Å². The van der Waals surface area contributed by atoms with E-state index in [0.29, 0.717) is 5.76 Å². The summed E-state index contributed by atoms with van der Waals surface area (Å²) in [5.41, 5.74) is 4.00. The maximum absolute atomic E-state index is 12.6. The molecule has 1 N–H and O–H groups in total. The Bertz CT molecular complexity index is 962. The van der Waals surface area contributed by atoms with Crippen LogP contribution >= 0.6 is 0 Å². The molecule has 3 aromatic rings. The topological polar surface area (TPSA) is 74.5 Å². The number of nitrogens with one attached hydrogen (secondary N) is 1. The first-order valence-corrected chi connectivity index (χ1v) is 9.32. The molecule has 1 aliphatic heterocycles. The summed E-state index contributed by atoms with van der Waals surface area (Å²) in [5, 5.41) is 6.84. The molecule has 28 heavy (non-hydrogen) atoms. The van der Waals surface area contributed by atoms with Crippen LogP contribution in [-0.2, 0) is 0 Å². The molecule has 0 spiro atoms. The third kappa shape index (κ3) is 4.04. The third-order valence-electron chi connectivity index (χ3n) is 4.88. The second kappa shape index (κ2) is 7.82. The largest absolute Gasteiger partial charge is 0.369 e. The van der Waals surface area contributed by atoms with Gasteiger partial charge in [0.1, 0.15) is 0 Å². The van der Waals surface area contributed by atoms with Gasteiger partial charge in [-0.15, -0.1) is 0 Å². The van der Waals surface area contributed by atoms with Crippen LogP contribution in [0.15, 0.2) is 53.3 Å². The molecule has 4 rings (SSSR count). The van der Waals surface area contributed by atoms with E-state index in [-0.39, 0.29) is 11.6 Å². The first-order chi connectivity index (χ1) is 13.6. The van der Waals surface area contributed by atoms with Crippen molar-refractivity contribution in [2.24, 2.45) is 0 Å². The summed E-state index contributed by atoms with van der Waals surface area (Å²) < 4.78 is 5.30. The highest BCUT2D eigenvalue weighted by molar-refractivity contribution is 6.03. The van der Waals surface area contributed by atoms with E-state index in [1.165, 1.54) is 0 Å². The first kappa shape index (κ1) is 18.2. The molecule has 3 heterocycles. The second-order valence-electron chi connectivity index (χ2n) is 7.12. The van der Waals surface area contributed by atoms with Gasteiger partial charge in [-0.05, 0) is 49.9 Å². The minimum atomic E-state index is -0.297. The average Bonchev–Trinajstić information content (AvgIpc) is 3.19. The molecule has 1 aromatic carbocycles. The van der Waals surface area contributed by atoms with E-state index in [1.807, 2.05) is 31.2 Å². The van der Waals surface area contributed by atoms with Crippen LogP contribution in [0.2, 0.25) is 0 Å². The lowest BCUT2D eigenvalue weighted by atomic mass is 10.1. The number of carbonyl (C=O) groups is 1. The van der Waals surface area contributed by atoms with E-state index in [4.69, 9.17) is 4.52 Å². The molecule has 0 saturated carbocycles. The van der Waals surface area contributed by atoms with Crippen molar-refractivity contribution in [1.82, 2.24) is 15.0 Å². The number of benzene rings is 1. The van der Waals surface area contributed by atoms with Gasteiger partial charge in [0, 0.05) is 61.6 Å². The van der Waals surface area contributed by atoms with E-state index in [0.717, 1.165) is 48.7 Å². The molecule has 0 radical (unpaired) electrons. The molecule has 1 saturated heterocycles. The van der Waals surface area contributed by atoms with Crippen molar-refractivity contribution in [2.45, 2.75) is 6.92 Å². The Kier molecular flexibility index (Phi) is 5.08. The number of pyridine rings is 1. The van der Waals surface area contributed by atoms with Gasteiger partial charge in [0.05, 0.1) is 0 Å². The Labute approximate surface area is 164 Å². The minimum Gasteiger partial charge on any atom is -0.369 e. The zero-order valence-corrected chi connectivity index (χ0v) is 16.1. The van der Waals surface area contributed by atoms with Crippen molar-refractivity contribution >= 4 is 17.3 Å². The quantitative estimate of drug-likeness (QED) is 0.753. The summed E-state index contributed by atoms with van der Waals surface area (Å²) >= 11 is 0. The normalized spacial score (nSPS) is 14.9. The predicted octanol–water partition coefficient (Wildman–Crippen LogP) is 3.05. The summed E-state index contributed by atoms with van der Waals surface area (Å²) in [5.74, 6) is 0.217. The van der Waals surface area contributed by atoms with E-state index in [1.54, 1.807) is 18.5 Å². The van der Waals surface area contributed by atoms with Crippen LogP contribution < -0.4 is 10.2 Å². The highest BCUT2D eigenvalue weighted by Gasteiger charge is 2.17. The van der Waals surface area contributed by atoms with Crippen molar-refractivity contribution in [1.29, 1.82) is 0 Å². The number of rotatable bonds is 4. The summed E-state index contributed by atoms with van der Waals surface area (Å²) in [6.07, 6.45) is 3.36. The van der Waals surface area contributed by atoms with Crippen LogP contribution in [0.25, 0.3) is 11.3 Å². The molecule has 0 atom stereocenters. The van der Waals surface area contributed by atoms with Crippen LogP contribution in [-0.4, -0.2) is 54.2 Å². The highest BCUT2D eigenvalue weighted by atomic mass is 16.5. The number of anilines is 2. The SMILES string of the molecule is Cc1cc(NC(=O)c2cc(-c3cccnc3)on2)cc(N2CCN(C)CC2)c1. The van der Waals surface area contributed by atoms with Crippen molar-refractivity contribution < 1.29 is 9.32 Å². The van der Waals surface area contributed by atoms with Gasteiger partial charge in [-0.3, -0.25) is 9.78 Å². The predicted molar refractivity (Wildman–Crippen MR) is 109 cm³/mol. The molecule has 1 aliphatic rings. The average molecular weight is 377 g/mol. The van der Waals surface area contributed by atoms with Crippen molar-refractivity contribution in [3.8, 4) is 11.3 Å². The van der Waals surface area contributed by atoms with Crippen molar-refractivity contribution in [2.75, 3.05) is 43.4 Å². The summed E-state index contributed by atoms with van der Waals surface area (Å²) in [7, 11) is 2.14. The lowest BCUT2D eigenvalue weighted by molar-refractivity contribution is 0.101. The van der Waals surface area contributed by atoms with Gasteiger partial charge >= 0.3 is 0 Å². The molecule has 2 aromatic heterocycles. The molecule has 0 bridgehead atoms. The lowest BCUT2D eigenvalue weighted by Crippen LogP contribution is -2.44. The standard InChI is InChI=1S/C21H23N5O2/c1-15-10-17(12-18(11-15)26-8-6-25(2)7-9-26)23-21(27)19-13-20(28-24-19)16-4-3-5-22-14-16/h3-5,10-14H,6-9H2,1-2H3,(H,23,27). The monoisotopic (exact) mass is 377 g/mol. The number of hydrogen-bond donors (Lipinski definition) is 1. The zero-order valence-electron chi connectivity index (χ0n) is 16.1. The molecule has 7 nitrogen and oxygen atoms in total. The second-order valence-corrected chi connectivity index (χ2v) is 7.12. The van der Waals surface area contributed by atoms with Gasteiger partial charge in [0.25, 0.3) is 5.91 Å². The van der Waals surface area contributed by atoms with Gasteiger partial charge in [-0.2, -0.15) is 0 Å². The first-order valence-electron chi connectivity index (χ1n) is 9.32. The molecule has 144 valence electrons. The fraction of sp³-hybridized carbons (Fsp3) is 0.286. The number of piperazine rings is 1. The van der Waals surface area contributed by atoms with E-state index >= 15 is 0 Å². The Hall–Kier alpha value is -3.19. The molecular weight excluding hydrogens is 354 g/mol. The fourth-order valence-electron chi connectivity index (χ4n) is 3.30. The van der Waals surface area contributed by atoms with Crippen LogP contribution in [0.5, 0.6) is 0 Å². The summed E-state index contributed by atoms with van der Waals surface area (Å²) in [6, 6.07) is 11.4. The van der Waals surface area contributed by atoms with Gasteiger partial charge in [-0.1, -0.05) is 5.16 Å². The van der Waals surface area contributed by atoms with E-state index in [2.05, 4.69) is 38.4 Å². The Morgan fingerprint density at radius 3 is 2.71 bits per heavy atom. The van der Waals surface area contributed by atoms with Gasteiger partial charge in [-0.25, -0.2) is 0 Å². The number of aromatic nitrogens is 2. The van der Waals surface area contributed by atoms with Gasteiger partial charge in [0.2, 0.25) is 0 Å². The maximum Gasteiger partial charge on any atom is 0.277 e. The van der Waals surface area contributed by atoms with Crippen LogP contribution in [0.1, 0.15) is 16.1 Å². The molecule has 7 heteroatoms.